The van der Waals surface area contributed by atoms with Gasteiger partial charge in [0.2, 0.25) is 0 Å². The molecule has 0 aliphatic heterocycles. The monoisotopic (exact) mass is 191 g/mol. The fourth-order valence-electron chi connectivity index (χ4n) is 1.28. The van der Waals surface area contributed by atoms with E-state index in [2.05, 4.69) is 31.2 Å². The van der Waals surface area contributed by atoms with Crippen LogP contribution in [0.2, 0.25) is 0 Å². The van der Waals surface area contributed by atoms with Crippen molar-refractivity contribution < 1.29 is 0 Å². The molecule has 76 valence electrons. The van der Waals surface area contributed by atoms with Crippen molar-refractivity contribution >= 4 is 0 Å². The molecule has 1 aromatic rings. The van der Waals surface area contributed by atoms with Crippen LogP contribution in [0.3, 0.4) is 0 Å². The molecule has 1 heterocycles. The summed E-state index contributed by atoms with van der Waals surface area (Å²) < 4.78 is 1.96. The van der Waals surface area contributed by atoms with Gasteiger partial charge >= 0.3 is 0 Å². The predicted molar refractivity (Wildman–Crippen MR) is 55.8 cm³/mol. The number of unbranched alkanes of at least 4 members (excludes halogenated alkanes) is 2. The van der Waals surface area contributed by atoms with Crippen LogP contribution in [0.5, 0.6) is 0 Å². The Hall–Kier alpha value is -1.30. The van der Waals surface area contributed by atoms with E-state index in [1.165, 1.54) is 5.56 Å². The quantitative estimate of drug-likeness (QED) is 0.671. The lowest BCUT2D eigenvalue weighted by Gasteiger charge is -2.00. The van der Waals surface area contributed by atoms with E-state index in [1.54, 1.807) is 0 Å². The first-order valence-electron chi connectivity index (χ1n) is 5.13. The topological polar surface area (TPSA) is 41.6 Å². The SMILES string of the molecule is CC(C)c1cnn(CCCCC#N)c1. The van der Waals surface area contributed by atoms with Gasteiger partial charge in [0.15, 0.2) is 0 Å². The third-order valence-electron chi connectivity index (χ3n) is 2.25. The Morgan fingerprint density at radius 3 is 2.86 bits per heavy atom. The third-order valence-corrected chi connectivity index (χ3v) is 2.25. The standard InChI is InChI=1S/C11H17N3/c1-10(2)11-8-13-14(9-11)7-5-3-4-6-12/h8-10H,3-5,7H2,1-2H3. The number of aryl methyl sites for hydroxylation is 1. The largest absolute Gasteiger partial charge is 0.272 e. The van der Waals surface area contributed by atoms with Crippen molar-refractivity contribution in [2.45, 2.75) is 45.6 Å². The fraction of sp³-hybridized carbons (Fsp3) is 0.636. The lowest BCUT2D eigenvalue weighted by atomic mass is 10.1. The van der Waals surface area contributed by atoms with Gasteiger partial charge in [-0.15, -0.1) is 0 Å². The van der Waals surface area contributed by atoms with Gasteiger partial charge in [-0.25, -0.2) is 0 Å². The molecule has 0 radical (unpaired) electrons. The number of rotatable bonds is 5. The summed E-state index contributed by atoms with van der Waals surface area (Å²) in [7, 11) is 0. The highest BCUT2D eigenvalue weighted by Crippen LogP contribution is 2.12. The molecule has 0 amide bonds. The van der Waals surface area contributed by atoms with Crippen LogP contribution < -0.4 is 0 Å². The number of nitrogens with zero attached hydrogens (tertiary/aromatic N) is 3. The number of aromatic nitrogens is 2. The highest BCUT2D eigenvalue weighted by atomic mass is 15.3. The molecule has 0 aliphatic carbocycles. The van der Waals surface area contributed by atoms with Gasteiger partial charge in [-0.2, -0.15) is 10.4 Å². The van der Waals surface area contributed by atoms with E-state index in [1.807, 2.05) is 10.9 Å². The highest BCUT2D eigenvalue weighted by molar-refractivity contribution is 5.08. The van der Waals surface area contributed by atoms with E-state index >= 15 is 0 Å². The first kappa shape index (κ1) is 10.8. The number of hydrogen-bond donors (Lipinski definition) is 0. The lowest BCUT2D eigenvalue weighted by molar-refractivity contribution is 0.561. The minimum absolute atomic E-state index is 0.544. The average molecular weight is 191 g/mol. The van der Waals surface area contributed by atoms with E-state index in [-0.39, 0.29) is 0 Å². The van der Waals surface area contributed by atoms with Crippen molar-refractivity contribution in [2.24, 2.45) is 0 Å². The van der Waals surface area contributed by atoms with Crippen LogP contribution in [-0.4, -0.2) is 9.78 Å². The molecular formula is C11H17N3. The van der Waals surface area contributed by atoms with Crippen molar-refractivity contribution in [3.8, 4) is 6.07 Å². The van der Waals surface area contributed by atoms with Gasteiger partial charge in [-0.3, -0.25) is 4.68 Å². The molecule has 0 spiro atoms. The second-order valence-corrected chi connectivity index (χ2v) is 3.81. The average Bonchev–Trinajstić information content (AvgIpc) is 2.61. The zero-order valence-electron chi connectivity index (χ0n) is 8.90. The summed E-state index contributed by atoms with van der Waals surface area (Å²) in [6.45, 7) is 5.25. The summed E-state index contributed by atoms with van der Waals surface area (Å²) >= 11 is 0. The van der Waals surface area contributed by atoms with Gasteiger partial charge in [0.05, 0.1) is 12.3 Å². The van der Waals surface area contributed by atoms with Crippen molar-refractivity contribution in [2.75, 3.05) is 0 Å². The maximum Gasteiger partial charge on any atom is 0.0621 e. The van der Waals surface area contributed by atoms with Crippen molar-refractivity contribution in [3.63, 3.8) is 0 Å². The van der Waals surface area contributed by atoms with Crippen molar-refractivity contribution in [1.82, 2.24) is 9.78 Å². The normalized spacial score (nSPS) is 10.4. The van der Waals surface area contributed by atoms with Gasteiger partial charge < -0.3 is 0 Å². The van der Waals surface area contributed by atoms with Crippen LogP contribution in [-0.2, 0) is 6.54 Å². The molecule has 0 saturated heterocycles. The minimum atomic E-state index is 0.544. The van der Waals surface area contributed by atoms with Gasteiger partial charge in [-0.05, 0) is 24.3 Å². The summed E-state index contributed by atoms with van der Waals surface area (Å²) in [5.41, 5.74) is 1.28. The molecule has 0 N–H and O–H groups in total. The van der Waals surface area contributed by atoms with Crippen LogP contribution in [0.1, 0.15) is 44.6 Å². The molecule has 14 heavy (non-hydrogen) atoms. The molecule has 3 heteroatoms. The molecule has 0 bridgehead atoms. The summed E-state index contributed by atoms with van der Waals surface area (Å²) in [6, 6.07) is 2.15. The Morgan fingerprint density at radius 2 is 2.29 bits per heavy atom. The van der Waals surface area contributed by atoms with Gasteiger partial charge in [-0.1, -0.05) is 13.8 Å². The Morgan fingerprint density at radius 1 is 1.50 bits per heavy atom. The molecule has 1 rings (SSSR count). The van der Waals surface area contributed by atoms with E-state index < -0.39 is 0 Å². The first-order chi connectivity index (χ1) is 6.74. The molecule has 0 unspecified atom stereocenters. The van der Waals surface area contributed by atoms with Crippen LogP contribution in [0.15, 0.2) is 12.4 Å². The van der Waals surface area contributed by atoms with Crippen LogP contribution in [0.4, 0.5) is 0 Å². The second-order valence-electron chi connectivity index (χ2n) is 3.81. The summed E-state index contributed by atoms with van der Waals surface area (Å²) in [5.74, 6) is 0.544. The molecule has 1 aromatic heterocycles. The Kier molecular flexibility index (Phi) is 4.18. The van der Waals surface area contributed by atoms with Crippen LogP contribution in [0, 0.1) is 11.3 Å². The van der Waals surface area contributed by atoms with Crippen molar-refractivity contribution in [3.05, 3.63) is 18.0 Å². The summed E-state index contributed by atoms with van der Waals surface area (Å²) in [6.07, 6.45) is 6.67. The Bertz CT molecular complexity index is 307. The van der Waals surface area contributed by atoms with E-state index in [4.69, 9.17) is 5.26 Å². The van der Waals surface area contributed by atoms with Gasteiger partial charge in [0.25, 0.3) is 0 Å². The Labute approximate surface area is 85.4 Å². The van der Waals surface area contributed by atoms with E-state index in [0.29, 0.717) is 12.3 Å². The minimum Gasteiger partial charge on any atom is -0.272 e. The molecular weight excluding hydrogens is 174 g/mol. The number of hydrogen-bond acceptors (Lipinski definition) is 2. The van der Waals surface area contributed by atoms with Crippen molar-refractivity contribution in [1.29, 1.82) is 5.26 Å². The highest BCUT2D eigenvalue weighted by Gasteiger charge is 2.01. The molecule has 0 fully saturated rings. The molecule has 0 saturated carbocycles. The summed E-state index contributed by atoms with van der Waals surface area (Å²) in [5, 5.41) is 12.6. The maximum atomic E-state index is 8.37. The van der Waals surface area contributed by atoms with Crippen LogP contribution in [0.25, 0.3) is 0 Å². The molecule has 0 atom stereocenters. The maximum absolute atomic E-state index is 8.37. The zero-order chi connectivity index (χ0) is 10.4. The molecule has 0 aromatic carbocycles. The summed E-state index contributed by atoms with van der Waals surface area (Å²) in [4.78, 5) is 0. The second kappa shape index (κ2) is 5.43. The fourth-order valence-corrected chi connectivity index (χ4v) is 1.28. The lowest BCUT2D eigenvalue weighted by Crippen LogP contribution is -1.97. The Balaban J connectivity index is 2.33. The van der Waals surface area contributed by atoms with E-state index in [0.717, 1.165) is 19.4 Å². The predicted octanol–water partition coefficient (Wildman–Crippen LogP) is 2.70. The van der Waals surface area contributed by atoms with Gasteiger partial charge in [0.1, 0.15) is 0 Å². The van der Waals surface area contributed by atoms with Crippen LogP contribution >= 0.6 is 0 Å². The number of nitriles is 1. The smallest absolute Gasteiger partial charge is 0.0621 e. The third kappa shape index (κ3) is 3.21. The van der Waals surface area contributed by atoms with Gasteiger partial charge in [0, 0.05) is 19.2 Å². The zero-order valence-corrected chi connectivity index (χ0v) is 8.90. The molecule has 3 nitrogen and oxygen atoms in total. The first-order valence-corrected chi connectivity index (χ1v) is 5.13. The van der Waals surface area contributed by atoms with E-state index in [9.17, 15) is 0 Å². The molecule has 0 aliphatic rings.